The average molecular weight is 1160 g/mol. The molecule has 0 bridgehead atoms. The Balaban J connectivity index is 0.000000237. The Morgan fingerprint density at radius 1 is 0.617 bits per heavy atom. The van der Waals surface area contributed by atoms with Gasteiger partial charge in [-0.05, 0) is 91.6 Å². The summed E-state index contributed by atoms with van der Waals surface area (Å²) in [5.74, 6) is 1.48. The maximum Gasteiger partial charge on any atom is 0.220 e. The molecule has 0 fully saturated rings. The number of benzene rings is 2. The van der Waals surface area contributed by atoms with Gasteiger partial charge >= 0.3 is 0 Å². The van der Waals surface area contributed by atoms with Gasteiger partial charge in [0, 0.05) is 115 Å². The molecule has 0 aliphatic rings. The van der Waals surface area contributed by atoms with E-state index in [1.54, 1.807) is 26.6 Å². The number of fused-ring (bicyclic) bond motifs is 4. The van der Waals surface area contributed by atoms with Crippen molar-refractivity contribution in [1.82, 2.24) is 48.8 Å². The van der Waals surface area contributed by atoms with Crippen LogP contribution in [-0.4, -0.2) is 120 Å². The predicted molar refractivity (Wildman–Crippen MR) is 333 cm³/mol. The largest absolute Gasteiger partial charge is 0.497 e. The van der Waals surface area contributed by atoms with Gasteiger partial charge in [0.2, 0.25) is 11.8 Å². The molecule has 438 valence electrons. The minimum atomic E-state index is -1.81. The van der Waals surface area contributed by atoms with Crippen LogP contribution in [0, 0.1) is 0 Å². The average Bonchev–Trinajstić information content (AvgIpc) is 2.96. The van der Waals surface area contributed by atoms with Crippen molar-refractivity contribution < 1.29 is 38.1 Å². The van der Waals surface area contributed by atoms with Crippen molar-refractivity contribution in [1.29, 1.82) is 0 Å². The van der Waals surface area contributed by atoms with Crippen molar-refractivity contribution in [2.24, 2.45) is 14.1 Å². The second-order valence-electron chi connectivity index (χ2n) is 24.9. The molecule has 0 saturated heterocycles. The fraction of sp³-hybridized carbons (Fsp3) is 0.500. The quantitative estimate of drug-likeness (QED) is 0.0343. The van der Waals surface area contributed by atoms with Crippen LogP contribution in [-0.2, 0) is 64.1 Å². The van der Waals surface area contributed by atoms with Crippen LogP contribution in [0.5, 0.6) is 11.5 Å². The number of aryl methyl sites for hydroxylation is 2. The SMILES string of the molecule is COc1ccc2c(c1)c(-c1cc3nc(CNC(=O)CCCO)cnc3n1COCC[Si](C)(C)C)cn2C.COc1ccc2c(c1)c(-c1cc3nc(CNC(=O)CCCO[Si](C)(C)C(C)(C)C)cnc3n1COCC[Si](C)(C)C)cn2C. The number of methoxy groups -OCH3 is 2. The van der Waals surface area contributed by atoms with Crippen molar-refractivity contribution >= 4 is 80.4 Å². The van der Waals surface area contributed by atoms with Gasteiger partial charge in [-0.3, -0.25) is 18.7 Å². The van der Waals surface area contributed by atoms with E-state index in [1.165, 1.54) is 0 Å². The van der Waals surface area contributed by atoms with E-state index >= 15 is 0 Å². The van der Waals surface area contributed by atoms with E-state index < -0.39 is 24.5 Å². The summed E-state index contributed by atoms with van der Waals surface area (Å²) >= 11 is 0. The van der Waals surface area contributed by atoms with Crippen LogP contribution in [0.25, 0.3) is 66.6 Å². The first kappa shape index (κ1) is 62.4. The van der Waals surface area contributed by atoms with Crippen LogP contribution < -0.4 is 20.1 Å². The maximum absolute atomic E-state index is 12.6. The van der Waals surface area contributed by atoms with Gasteiger partial charge in [-0.15, -0.1) is 0 Å². The lowest BCUT2D eigenvalue weighted by Gasteiger charge is -2.36. The van der Waals surface area contributed by atoms with E-state index in [9.17, 15) is 9.59 Å². The molecule has 0 saturated carbocycles. The van der Waals surface area contributed by atoms with Gasteiger partial charge < -0.3 is 48.2 Å². The third kappa shape index (κ3) is 16.3. The Morgan fingerprint density at radius 3 is 1.44 bits per heavy atom. The zero-order valence-corrected chi connectivity index (χ0v) is 53.7. The highest BCUT2D eigenvalue weighted by atomic mass is 28.4. The zero-order chi connectivity index (χ0) is 58.9. The normalized spacial score (nSPS) is 12.4. The number of nitrogens with one attached hydrogen (secondary N) is 2. The summed E-state index contributed by atoms with van der Waals surface area (Å²) in [6.07, 6.45) is 9.53. The number of aromatic nitrogens is 8. The highest BCUT2D eigenvalue weighted by molar-refractivity contribution is 6.76. The van der Waals surface area contributed by atoms with E-state index in [1.807, 2.05) is 38.4 Å². The van der Waals surface area contributed by atoms with Crippen molar-refractivity contribution in [3.8, 4) is 34.0 Å². The lowest BCUT2D eigenvalue weighted by Crippen LogP contribution is -2.41. The second kappa shape index (κ2) is 26.8. The molecule has 6 heterocycles. The number of hydrogen-bond donors (Lipinski definition) is 3. The van der Waals surface area contributed by atoms with E-state index in [4.69, 9.17) is 48.4 Å². The Morgan fingerprint density at radius 2 is 1.05 bits per heavy atom. The van der Waals surface area contributed by atoms with Gasteiger partial charge in [-0.25, -0.2) is 19.9 Å². The number of ether oxygens (including phenoxy) is 4. The van der Waals surface area contributed by atoms with E-state index in [2.05, 4.69) is 139 Å². The summed E-state index contributed by atoms with van der Waals surface area (Å²) in [5.41, 5.74) is 10.6. The first-order valence-electron chi connectivity index (χ1n) is 28.2. The summed E-state index contributed by atoms with van der Waals surface area (Å²) in [5, 5.41) is 17.1. The molecular weight excluding hydrogens is 1070 g/mol. The third-order valence-corrected chi connectivity index (χ3v) is 22.9. The predicted octanol–water partition coefficient (Wildman–Crippen LogP) is 11.6. The zero-order valence-electron chi connectivity index (χ0n) is 50.7. The van der Waals surface area contributed by atoms with Crippen LogP contribution in [0.4, 0.5) is 0 Å². The monoisotopic (exact) mass is 1160 g/mol. The first-order chi connectivity index (χ1) is 38.3. The summed E-state index contributed by atoms with van der Waals surface area (Å²) in [6, 6.07) is 18.5. The lowest BCUT2D eigenvalue weighted by molar-refractivity contribution is -0.122. The van der Waals surface area contributed by atoms with E-state index in [0.717, 1.165) is 90.2 Å². The fourth-order valence-electron chi connectivity index (χ4n) is 9.05. The number of rotatable bonds is 26. The standard InChI is InChI=1S/C33H51N5O4Si2.C27H37N5O4Si/c1-33(2,3)44(9,10)42-15-11-12-31(39)34-20-24-21-35-32-28(36-24)19-30(38(32)23-41-16-17-43(6,7)8)27-22-37(4)29-14-13-25(40-5)18-26(27)29;1-31-17-22(21-13-20(35-2)8-9-24(21)31)25-14-23-27(32(25)18-36-11-12-37(3,4)5)29-16-19(30-23)15-28-26(34)7-6-10-33/h13-14,18-19,21-22H,11-12,15-17,20,23H2,1-10H3,(H,34,39);8-9,13-14,16-17,33H,6-7,10-12,15,18H2,1-5H3,(H,28,34). The van der Waals surface area contributed by atoms with Gasteiger partial charge in [0.15, 0.2) is 19.6 Å². The van der Waals surface area contributed by atoms with Crippen molar-refractivity contribution in [2.45, 2.75) is 143 Å². The molecule has 0 aliphatic heterocycles. The van der Waals surface area contributed by atoms with Gasteiger partial charge in [0.05, 0.1) is 62.5 Å². The Kier molecular flexibility index (Phi) is 20.6. The molecule has 81 heavy (non-hydrogen) atoms. The van der Waals surface area contributed by atoms with Gasteiger partial charge in [-0.1, -0.05) is 60.1 Å². The minimum Gasteiger partial charge on any atom is -0.497 e. The Bertz CT molecular complexity index is 3440. The summed E-state index contributed by atoms with van der Waals surface area (Å²) in [6.45, 7) is 28.6. The van der Waals surface area contributed by atoms with Crippen LogP contribution in [0.15, 0.2) is 73.3 Å². The van der Waals surface area contributed by atoms with E-state index in [-0.39, 0.29) is 36.4 Å². The fourth-order valence-corrected chi connectivity index (χ4v) is 11.6. The number of aliphatic hydroxyl groups is 1. The topological polar surface area (TPSA) is 196 Å². The molecule has 0 spiro atoms. The van der Waals surface area contributed by atoms with Gasteiger partial charge in [-0.2, -0.15) is 0 Å². The molecule has 8 rings (SSSR count). The van der Waals surface area contributed by atoms with Crippen LogP contribution >= 0.6 is 0 Å². The smallest absolute Gasteiger partial charge is 0.220 e. The summed E-state index contributed by atoms with van der Waals surface area (Å²) in [7, 11) is 3.19. The molecular formula is C60H88N10O8Si3. The summed E-state index contributed by atoms with van der Waals surface area (Å²) < 4.78 is 38.0. The molecule has 18 nitrogen and oxygen atoms in total. The number of carbonyl (C=O) groups excluding carboxylic acids is 2. The molecule has 8 aromatic rings. The molecule has 2 aromatic carbocycles. The van der Waals surface area contributed by atoms with Gasteiger partial charge in [0.25, 0.3) is 0 Å². The van der Waals surface area contributed by atoms with Crippen molar-refractivity contribution in [3.63, 3.8) is 0 Å². The second-order valence-corrected chi connectivity index (χ2v) is 41.0. The minimum absolute atomic E-state index is 0.00443. The molecule has 0 radical (unpaired) electrons. The van der Waals surface area contributed by atoms with Crippen molar-refractivity contribution in [2.75, 3.05) is 40.6 Å². The highest BCUT2D eigenvalue weighted by Crippen LogP contribution is 2.39. The van der Waals surface area contributed by atoms with E-state index in [0.29, 0.717) is 70.5 Å². The molecule has 3 N–H and O–H groups in total. The number of hydrogen-bond acceptors (Lipinski definition) is 12. The molecule has 0 unspecified atom stereocenters. The number of amides is 2. The molecule has 6 aromatic heterocycles. The van der Waals surface area contributed by atoms with Gasteiger partial charge in [0.1, 0.15) is 36.0 Å². The van der Waals surface area contributed by atoms with Crippen LogP contribution in [0.2, 0.25) is 69.5 Å². The third-order valence-electron chi connectivity index (χ3n) is 15.0. The number of carbonyl (C=O) groups is 2. The molecule has 21 heteroatoms. The Labute approximate surface area is 481 Å². The lowest BCUT2D eigenvalue weighted by atomic mass is 10.1. The number of nitrogens with zero attached hydrogens (tertiary/aromatic N) is 8. The highest BCUT2D eigenvalue weighted by Gasteiger charge is 2.37. The van der Waals surface area contributed by atoms with Crippen LogP contribution in [0.1, 0.15) is 57.8 Å². The van der Waals surface area contributed by atoms with Crippen LogP contribution in [0.3, 0.4) is 0 Å². The van der Waals surface area contributed by atoms with Crippen molar-refractivity contribution in [3.05, 3.63) is 84.7 Å². The maximum atomic E-state index is 12.6. The molecule has 0 aliphatic carbocycles. The molecule has 2 amide bonds. The number of aliphatic hydroxyl groups excluding tert-OH is 1. The summed E-state index contributed by atoms with van der Waals surface area (Å²) in [4.78, 5) is 43.8. The first-order valence-corrected chi connectivity index (χ1v) is 38.5. The Hall–Kier alpha value is -6.21. The molecule has 0 atom stereocenters.